The molecule has 1 amide bonds. The number of para-hydroxylation sites is 1. The second-order valence-corrected chi connectivity index (χ2v) is 3.73. The van der Waals surface area contributed by atoms with E-state index in [1.54, 1.807) is 6.07 Å². The standard InChI is InChI=1S/C12H12N2O6/c15-7-9(12(17)18)13-11(16)6-5-8-3-1-2-4-10(8)14(19)20/h1-6,9,15H,7H2,(H,13,16)(H,17,18)/b6-5+/t9-/m1/s1. The minimum Gasteiger partial charge on any atom is -0.480 e. The van der Waals surface area contributed by atoms with Crippen LogP contribution < -0.4 is 5.32 Å². The van der Waals surface area contributed by atoms with Crippen LogP contribution in [-0.4, -0.2) is 39.7 Å². The second-order valence-electron chi connectivity index (χ2n) is 3.73. The molecule has 1 rings (SSSR count). The lowest BCUT2D eigenvalue weighted by Crippen LogP contribution is -2.42. The number of carboxylic acids is 1. The van der Waals surface area contributed by atoms with Gasteiger partial charge >= 0.3 is 5.97 Å². The summed E-state index contributed by atoms with van der Waals surface area (Å²) in [5.41, 5.74) is 0.0389. The van der Waals surface area contributed by atoms with Gasteiger partial charge in [-0.2, -0.15) is 0 Å². The zero-order chi connectivity index (χ0) is 15.1. The largest absolute Gasteiger partial charge is 0.480 e. The summed E-state index contributed by atoms with van der Waals surface area (Å²) in [5.74, 6) is -2.15. The van der Waals surface area contributed by atoms with Gasteiger partial charge in [-0.15, -0.1) is 0 Å². The molecule has 1 aromatic rings. The predicted molar refractivity (Wildman–Crippen MR) is 68.8 cm³/mol. The highest BCUT2D eigenvalue weighted by atomic mass is 16.6. The van der Waals surface area contributed by atoms with Crippen LogP contribution in [0, 0.1) is 10.1 Å². The van der Waals surface area contributed by atoms with E-state index in [0.29, 0.717) is 0 Å². The van der Waals surface area contributed by atoms with Crippen LogP contribution in [0.15, 0.2) is 30.3 Å². The van der Waals surface area contributed by atoms with Crippen molar-refractivity contribution in [2.45, 2.75) is 6.04 Å². The first kappa shape index (κ1) is 15.3. The molecule has 1 aromatic carbocycles. The lowest BCUT2D eigenvalue weighted by atomic mass is 10.1. The number of carbonyl (C=O) groups is 2. The topological polar surface area (TPSA) is 130 Å². The molecule has 0 aliphatic rings. The van der Waals surface area contributed by atoms with Crippen molar-refractivity contribution >= 4 is 23.6 Å². The maximum absolute atomic E-state index is 11.4. The van der Waals surface area contributed by atoms with Crippen molar-refractivity contribution in [1.29, 1.82) is 0 Å². The number of aliphatic carboxylic acids is 1. The molecule has 0 unspecified atom stereocenters. The second kappa shape index (κ2) is 7.00. The van der Waals surface area contributed by atoms with Crippen molar-refractivity contribution in [3.8, 4) is 0 Å². The van der Waals surface area contributed by atoms with Gasteiger partial charge in [0.1, 0.15) is 0 Å². The molecule has 0 heterocycles. The average molecular weight is 280 g/mol. The van der Waals surface area contributed by atoms with Gasteiger partial charge < -0.3 is 15.5 Å². The molecular weight excluding hydrogens is 268 g/mol. The van der Waals surface area contributed by atoms with E-state index in [0.717, 1.165) is 6.08 Å². The van der Waals surface area contributed by atoms with Gasteiger partial charge in [-0.1, -0.05) is 12.1 Å². The summed E-state index contributed by atoms with van der Waals surface area (Å²) >= 11 is 0. The van der Waals surface area contributed by atoms with Gasteiger partial charge in [0.15, 0.2) is 6.04 Å². The highest BCUT2D eigenvalue weighted by molar-refractivity contribution is 5.94. The molecule has 8 nitrogen and oxygen atoms in total. The van der Waals surface area contributed by atoms with Gasteiger partial charge in [-0.3, -0.25) is 14.9 Å². The van der Waals surface area contributed by atoms with Gasteiger partial charge in [-0.05, 0) is 12.1 Å². The third-order valence-corrected chi connectivity index (χ3v) is 2.34. The number of carboxylic acid groups (broad SMARTS) is 1. The Kier molecular flexibility index (Phi) is 5.36. The number of rotatable bonds is 6. The molecule has 0 saturated carbocycles. The average Bonchev–Trinajstić information content (AvgIpc) is 2.42. The number of nitrogens with one attached hydrogen (secondary N) is 1. The molecule has 0 fully saturated rings. The molecule has 0 aliphatic heterocycles. The normalized spacial score (nSPS) is 12.1. The lowest BCUT2D eigenvalue weighted by Gasteiger charge is -2.09. The lowest BCUT2D eigenvalue weighted by molar-refractivity contribution is -0.385. The molecular formula is C12H12N2O6. The van der Waals surface area contributed by atoms with Crippen LogP contribution in [0.4, 0.5) is 5.69 Å². The van der Waals surface area contributed by atoms with E-state index in [-0.39, 0.29) is 11.3 Å². The Hall–Kier alpha value is -2.74. The van der Waals surface area contributed by atoms with Crippen molar-refractivity contribution < 1.29 is 24.7 Å². The van der Waals surface area contributed by atoms with E-state index in [1.165, 1.54) is 24.3 Å². The highest BCUT2D eigenvalue weighted by Crippen LogP contribution is 2.18. The van der Waals surface area contributed by atoms with Gasteiger partial charge in [0, 0.05) is 12.1 Å². The maximum Gasteiger partial charge on any atom is 0.328 e. The predicted octanol–water partition coefficient (Wildman–Crippen LogP) is 0.170. The molecule has 0 bridgehead atoms. The molecule has 0 aromatic heterocycles. The molecule has 20 heavy (non-hydrogen) atoms. The number of nitro benzene ring substituents is 1. The van der Waals surface area contributed by atoms with Crippen LogP contribution in [0.1, 0.15) is 5.56 Å². The Bertz CT molecular complexity index is 555. The first-order valence-electron chi connectivity index (χ1n) is 5.51. The number of nitro groups is 1. The molecule has 0 saturated heterocycles. The van der Waals surface area contributed by atoms with Crippen molar-refractivity contribution in [2.75, 3.05) is 6.61 Å². The van der Waals surface area contributed by atoms with Crippen LogP contribution in [0.5, 0.6) is 0 Å². The first-order chi connectivity index (χ1) is 9.45. The molecule has 0 radical (unpaired) electrons. The zero-order valence-electron chi connectivity index (χ0n) is 10.2. The number of aliphatic hydroxyl groups excluding tert-OH is 1. The minimum absolute atomic E-state index is 0.173. The fraction of sp³-hybridized carbons (Fsp3) is 0.167. The molecule has 3 N–H and O–H groups in total. The number of hydrogen-bond acceptors (Lipinski definition) is 5. The van der Waals surface area contributed by atoms with Crippen molar-refractivity contribution in [3.05, 3.63) is 46.0 Å². The number of amides is 1. The van der Waals surface area contributed by atoms with Crippen LogP contribution >= 0.6 is 0 Å². The Morgan fingerprint density at radius 1 is 1.40 bits per heavy atom. The smallest absolute Gasteiger partial charge is 0.328 e. The zero-order valence-corrected chi connectivity index (χ0v) is 10.2. The van der Waals surface area contributed by atoms with Crippen molar-refractivity contribution in [1.82, 2.24) is 5.32 Å². The summed E-state index contributed by atoms with van der Waals surface area (Å²) in [6.07, 6.45) is 2.16. The van der Waals surface area contributed by atoms with Crippen molar-refractivity contribution in [3.63, 3.8) is 0 Å². The third-order valence-electron chi connectivity index (χ3n) is 2.34. The van der Waals surface area contributed by atoms with E-state index >= 15 is 0 Å². The first-order valence-corrected chi connectivity index (χ1v) is 5.51. The van der Waals surface area contributed by atoms with Gasteiger partial charge in [0.05, 0.1) is 17.1 Å². The van der Waals surface area contributed by atoms with Crippen molar-refractivity contribution in [2.24, 2.45) is 0 Å². The fourth-order valence-corrected chi connectivity index (χ4v) is 1.37. The summed E-state index contributed by atoms with van der Waals surface area (Å²) in [4.78, 5) is 32.2. The van der Waals surface area contributed by atoms with Crippen LogP contribution in [0.25, 0.3) is 6.08 Å². The molecule has 8 heteroatoms. The summed E-state index contributed by atoms with van der Waals surface area (Å²) in [5, 5.41) is 30.2. The van der Waals surface area contributed by atoms with Crippen LogP contribution in [-0.2, 0) is 9.59 Å². The quantitative estimate of drug-likeness (QED) is 0.387. The molecule has 1 atom stereocenters. The minimum atomic E-state index is -1.42. The van der Waals surface area contributed by atoms with E-state index in [1.807, 2.05) is 5.32 Å². The van der Waals surface area contributed by atoms with E-state index in [9.17, 15) is 19.7 Å². The number of hydrogen-bond donors (Lipinski definition) is 3. The Morgan fingerprint density at radius 2 is 2.05 bits per heavy atom. The van der Waals surface area contributed by atoms with E-state index in [2.05, 4.69) is 0 Å². The van der Waals surface area contributed by atoms with Crippen LogP contribution in [0.3, 0.4) is 0 Å². The van der Waals surface area contributed by atoms with Gasteiger partial charge in [0.25, 0.3) is 5.69 Å². The SMILES string of the molecule is O=C(/C=C/c1ccccc1[N+](=O)[O-])N[C@H](CO)C(=O)O. The number of nitrogens with zero attached hydrogens (tertiary/aromatic N) is 1. The molecule has 0 aliphatic carbocycles. The Labute approximate surface area is 113 Å². The van der Waals surface area contributed by atoms with Crippen LogP contribution in [0.2, 0.25) is 0 Å². The Morgan fingerprint density at radius 3 is 2.60 bits per heavy atom. The monoisotopic (exact) mass is 280 g/mol. The number of aliphatic hydroxyl groups is 1. The summed E-state index contributed by atoms with van der Waals surface area (Å²) in [6.45, 7) is -0.750. The number of benzene rings is 1. The number of carbonyl (C=O) groups excluding carboxylic acids is 1. The Balaban J connectivity index is 2.80. The third kappa shape index (κ3) is 4.18. The highest BCUT2D eigenvalue weighted by Gasteiger charge is 2.17. The summed E-state index contributed by atoms with van der Waals surface area (Å²) in [7, 11) is 0. The fourth-order valence-electron chi connectivity index (χ4n) is 1.37. The molecule has 106 valence electrons. The molecule has 0 spiro atoms. The summed E-state index contributed by atoms with van der Waals surface area (Å²) in [6, 6.07) is 4.37. The van der Waals surface area contributed by atoms with E-state index in [4.69, 9.17) is 10.2 Å². The van der Waals surface area contributed by atoms with Gasteiger partial charge in [0.2, 0.25) is 5.91 Å². The van der Waals surface area contributed by atoms with Gasteiger partial charge in [-0.25, -0.2) is 4.79 Å². The maximum atomic E-state index is 11.4. The summed E-state index contributed by atoms with van der Waals surface area (Å²) < 4.78 is 0. The van der Waals surface area contributed by atoms with E-state index < -0.39 is 29.4 Å².